The lowest BCUT2D eigenvalue weighted by Crippen LogP contribution is -2.22. The number of hydrogen-bond donors (Lipinski definition) is 2. The second-order valence-corrected chi connectivity index (χ2v) is 8.43. The van der Waals surface area contributed by atoms with Gasteiger partial charge in [0.25, 0.3) is 5.91 Å². The van der Waals surface area contributed by atoms with Gasteiger partial charge < -0.3 is 15.2 Å². The average Bonchev–Trinajstić information content (AvgIpc) is 3.42. The number of thiazole rings is 1. The number of pyridine rings is 1. The minimum absolute atomic E-state index is 0.0799. The van der Waals surface area contributed by atoms with Crippen LogP contribution in [0.2, 0.25) is 0 Å². The van der Waals surface area contributed by atoms with Gasteiger partial charge in [-0.3, -0.25) is 4.79 Å². The molecule has 5 rings (SSSR count). The zero-order chi connectivity index (χ0) is 23.1. The molecule has 10 heteroatoms. The number of halogens is 2. The van der Waals surface area contributed by atoms with Crippen LogP contribution in [-0.4, -0.2) is 32.5 Å². The van der Waals surface area contributed by atoms with E-state index >= 15 is 0 Å². The predicted octanol–water partition coefficient (Wildman–Crippen LogP) is 4.49. The Hall–Kier alpha value is -3.92. The number of amides is 1. The number of hydrogen-bond acceptors (Lipinski definition) is 6. The average molecular weight is 465 g/mol. The summed E-state index contributed by atoms with van der Waals surface area (Å²) in [5.41, 5.74) is 4.05. The molecule has 5 aromatic rings. The van der Waals surface area contributed by atoms with Crippen molar-refractivity contribution in [2.24, 2.45) is 7.05 Å². The predicted molar refractivity (Wildman–Crippen MR) is 124 cm³/mol. The second kappa shape index (κ2) is 8.21. The van der Waals surface area contributed by atoms with Crippen LogP contribution in [0.4, 0.5) is 14.6 Å². The Balaban J connectivity index is 1.45. The fraction of sp³-hybridized carbons (Fsp3) is 0.130. The highest BCUT2D eigenvalue weighted by Crippen LogP contribution is 2.35. The van der Waals surface area contributed by atoms with Gasteiger partial charge in [0.1, 0.15) is 26.4 Å². The summed E-state index contributed by atoms with van der Waals surface area (Å²) in [7, 11) is 3.71. The molecule has 0 aliphatic carbocycles. The van der Waals surface area contributed by atoms with Crippen LogP contribution >= 0.6 is 11.3 Å². The zero-order valence-electron chi connectivity index (χ0n) is 17.7. The lowest BCUT2D eigenvalue weighted by molar-refractivity contribution is 0.0951. The lowest BCUT2D eigenvalue weighted by Gasteiger charge is -2.07. The molecule has 33 heavy (non-hydrogen) atoms. The number of benzene rings is 2. The third kappa shape index (κ3) is 3.78. The molecule has 0 aliphatic heterocycles. The van der Waals surface area contributed by atoms with E-state index in [1.165, 1.54) is 17.4 Å². The Labute approximate surface area is 191 Å². The minimum atomic E-state index is -0.947. The van der Waals surface area contributed by atoms with Crippen molar-refractivity contribution < 1.29 is 13.6 Å². The van der Waals surface area contributed by atoms with Crippen LogP contribution in [0.3, 0.4) is 0 Å². The summed E-state index contributed by atoms with van der Waals surface area (Å²) in [4.78, 5) is 27.3. The molecule has 0 fully saturated rings. The number of carbonyl (C=O) groups excluding carboxylic acids is 1. The molecule has 0 saturated carbocycles. The molecule has 0 unspecified atom stereocenters. The van der Waals surface area contributed by atoms with Crippen molar-refractivity contribution in [3.8, 4) is 10.6 Å². The summed E-state index contributed by atoms with van der Waals surface area (Å²) in [6, 6.07) is 10.6. The van der Waals surface area contributed by atoms with Crippen molar-refractivity contribution in [3.05, 3.63) is 71.6 Å². The van der Waals surface area contributed by atoms with Gasteiger partial charge in [-0.25, -0.2) is 23.7 Å². The standard InChI is InChI=1S/C23H18F2N6OS/c1-26-20-17-19(31(2)11-28-17)18-23(30-20)33-22(29-18)14-5-3-4-13(9-14)21(32)27-10-12-6-7-15(24)16(25)8-12/h3-9,11H,10H2,1-2H3,(H,26,30)(H,27,32). The largest absolute Gasteiger partial charge is 0.371 e. The van der Waals surface area contributed by atoms with E-state index in [-0.39, 0.29) is 12.5 Å². The molecule has 0 spiro atoms. The topological polar surface area (TPSA) is 84.7 Å². The van der Waals surface area contributed by atoms with Crippen LogP contribution in [-0.2, 0) is 13.6 Å². The molecule has 3 heterocycles. The summed E-state index contributed by atoms with van der Waals surface area (Å²) in [6.45, 7) is 0.0799. The van der Waals surface area contributed by atoms with Gasteiger partial charge >= 0.3 is 0 Å². The third-order valence-electron chi connectivity index (χ3n) is 5.25. The number of aromatic nitrogens is 4. The first-order valence-electron chi connectivity index (χ1n) is 10.1. The van der Waals surface area contributed by atoms with E-state index in [2.05, 4.69) is 20.6 Å². The summed E-state index contributed by atoms with van der Waals surface area (Å²) in [5.74, 6) is -1.52. The molecule has 2 N–H and O–H groups in total. The highest BCUT2D eigenvalue weighted by molar-refractivity contribution is 7.21. The zero-order valence-corrected chi connectivity index (χ0v) is 18.5. The first-order chi connectivity index (χ1) is 15.9. The van der Waals surface area contributed by atoms with E-state index in [0.717, 1.165) is 44.1 Å². The van der Waals surface area contributed by atoms with Crippen molar-refractivity contribution in [2.45, 2.75) is 6.54 Å². The molecular weight excluding hydrogens is 446 g/mol. The van der Waals surface area contributed by atoms with Gasteiger partial charge in [0.15, 0.2) is 17.5 Å². The highest BCUT2D eigenvalue weighted by atomic mass is 32.1. The highest BCUT2D eigenvalue weighted by Gasteiger charge is 2.17. The van der Waals surface area contributed by atoms with Gasteiger partial charge in [-0.05, 0) is 29.8 Å². The quantitative estimate of drug-likeness (QED) is 0.400. The van der Waals surface area contributed by atoms with E-state index in [1.807, 2.05) is 17.7 Å². The van der Waals surface area contributed by atoms with Crippen molar-refractivity contribution in [3.63, 3.8) is 0 Å². The summed E-state index contributed by atoms with van der Waals surface area (Å²) in [5, 5.41) is 6.54. The van der Waals surface area contributed by atoms with E-state index < -0.39 is 11.6 Å². The van der Waals surface area contributed by atoms with E-state index in [9.17, 15) is 13.6 Å². The number of nitrogens with one attached hydrogen (secondary N) is 2. The molecular formula is C23H18F2N6OS. The number of carbonyl (C=O) groups is 1. The molecule has 2 aromatic carbocycles. The molecule has 1 amide bonds. The van der Waals surface area contributed by atoms with Crippen molar-refractivity contribution >= 4 is 44.4 Å². The monoisotopic (exact) mass is 464 g/mol. The summed E-state index contributed by atoms with van der Waals surface area (Å²) >= 11 is 1.43. The van der Waals surface area contributed by atoms with Crippen LogP contribution < -0.4 is 10.6 Å². The van der Waals surface area contributed by atoms with Gasteiger partial charge in [-0.15, -0.1) is 0 Å². The minimum Gasteiger partial charge on any atom is -0.371 e. The van der Waals surface area contributed by atoms with Crippen LogP contribution in [0, 0.1) is 11.6 Å². The number of nitrogens with zero attached hydrogens (tertiary/aromatic N) is 4. The third-order valence-corrected chi connectivity index (χ3v) is 6.25. The lowest BCUT2D eigenvalue weighted by atomic mass is 10.1. The van der Waals surface area contributed by atoms with Crippen LogP contribution in [0.5, 0.6) is 0 Å². The van der Waals surface area contributed by atoms with E-state index in [1.54, 1.807) is 31.6 Å². The van der Waals surface area contributed by atoms with Crippen molar-refractivity contribution in [1.82, 2.24) is 24.8 Å². The summed E-state index contributed by atoms with van der Waals surface area (Å²) < 4.78 is 28.4. The Morgan fingerprint density at radius 3 is 2.73 bits per heavy atom. The molecule has 0 radical (unpaired) electrons. The molecule has 0 saturated heterocycles. The first-order valence-corrected chi connectivity index (χ1v) is 10.9. The van der Waals surface area contributed by atoms with E-state index in [0.29, 0.717) is 16.9 Å². The second-order valence-electron chi connectivity index (χ2n) is 7.45. The van der Waals surface area contributed by atoms with Crippen molar-refractivity contribution in [2.75, 3.05) is 12.4 Å². The van der Waals surface area contributed by atoms with E-state index in [4.69, 9.17) is 4.98 Å². The number of anilines is 1. The summed E-state index contributed by atoms with van der Waals surface area (Å²) in [6.07, 6.45) is 1.73. The van der Waals surface area contributed by atoms with Gasteiger partial charge in [-0.2, -0.15) is 0 Å². The Morgan fingerprint density at radius 2 is 1.94 bits per heavy atom. The molecule has 3 aromatic heterocycles. The smallest absolute Gasteiger partial charge is 0.251 e. The van der Waals surface area contributed by atoms with Crippen molar-refractivity contribution in [1.29, 1.82) is 0 Å². The normalized spacial score (nSPS) is 11.3. The fourth-order valence-corrected chi connectivity index (χ4v) is 4.55. The number of imidazole rings is 1. The number of fused-ring (bicyclic) bond motifs is 3. The molecule has 7 nitrogen and oxygen atoms in total. The van der Waals surface area contributed by atoms with Crippen LogP contribution in [0.15, 0.2) is 48.8 Å². The van der Waals surface area contributed by atoms with Crippen LogP contribution in [0.25, 0.3) is 32.0 Å². The molecule has 0 aliphatic rings. The van der Waals surface area contributed by atoms with Gasteiger partial charge in [0.05, 0.1) is 6.33 Å². The van der Waals surface area contributed by atoms with Crippen LogP contribution in [0.1, 0.15) is 15.9 Å². The number of aryl methyl sites for hydroxylation is 1. The SMILES string of the molecule is CNc1nc2sc(-c3cccc(C(=O)NCc4ccc(F)c(F)c4)c3)nc2c2c1ncn2C. The Kier molecular flexibility index (Phi) is 5.21. The Morgan fingerprint density at radius 1 is 1.09 bits per heavy atom. The maximum absolute atomic E-state index is 13.4. The molecule has 0 bridgehead atoms. The molecule has 0 atom stereocenters. The van der Waals surface area contributed by atoms with Gasteiger partial charge in [0, 0.05) is 31.8 Å². The number of rotatable bonds is 5. The molecule has 166 valence electrons. The van der Waals surface area contributed by atoms with Gasteiger partial charge in [0.2, 0.25) is 0 Å². The fourth-order valence-electron chi connectivity index (χ4n) is 3.60. The first kappa shape index (κ1) is 21.0. The Bertz CT molecular complexity index is 1530. The maximum Gasteiger partial charge on any atom is 0.251 e. The maximum atomic E-state index is 13.4. The van der Waals surface area contributed by atoms with Gasteiger partial charge in [-0.1, -0.05) is 29.5 Å².